The smallest absolute Gasteiger partial charge is 0.427 e. The molecule has 0 spiro atoms. The first-order chi connectivity index (χ1) is 8.82. The van der Waals surface area contributed by atoms with Gasteiger partial charge in [0.25, 0.3) is 0 Å². The molecule has 0 amide bonds. The number of rotatable bonds is 8. The summed E-state index contributed by atoms with van der Waals surface area (Å²) in [5.74, 6) is 0. The summed E-state index contributed by atoms with van der Waals surface area (Å²) in [4.78, 5) is 4.19. The van der Waals surface area contributed by atoms with Crippen molar-refractivity contribution in [1.82, 2.24) is 9.55 Å². The van der Waals surface area contributed by atoms with Gasteiger partial charge < -0.3 is 20.3 Å². The van der Waals surface area contributed by atoms with Crippen LogP contribution in [-0.2, 0) is 6.42 Å². The average Bonchev–Trinajstić information content (AvgIpc) is 2.71. The van der Waals surface area contributed by atoms with Gasteiger partial charge in [0.15, 0.2) is 0 Å². The van der Waals surface area contributed by atoms with Crippen molar-refractivity contribution in [2.45, 2.75) is 64.4 Å². The van der Waals surface area contributed by atoms with Crippen LogP contribution in [0.2, 0.25) is 6.32 Å². The minimum Gasteiger partial charge on any atom is -0.427 e. The van der Waals surface area contributed by atoms with Crippen LogP contribution in [0.5, 0.6) is 0 Å². The number of unbranched alkanes of at least 4 members (excludes halogenated alkanes) is 1. The molecule has 4 N–H and O–H groups in total. The predicted molar refractivity (Wildman–Crippen MR) is 77.8 cm³/mol. The van der Waals surface area contributed by atoms with Gasteiger partial charge in [-0.1, -0.05) is 12.8 Å². The number of nitrogens with zero attached hydrogens (tertiary/aromatic N) is 2. The molecule has 0 aliphatic rings. The van der Waals surface area contributed by atoms with Crippen LogP contribution in [0.1, 0.15) is 51.8 Å². The van der Waals surface area contributed by atoms with Crippen molar-refractivity contribution in [3.8, 4) is 0 Å². The van der Waals surface area contributed by atoms with Gasteiger partial charge >= 0.3 is 7.12 Å². The van der Waals surface area contributed by atoms with E-state index in [-0.39, 0.29) is 5.54 Å². The topological polar surface area (TPSA) is 84.3 Å². The third-order valence-corrected chi connectivity index (χ3v) is 3.35. The first kappa shape index (κ1) is 16.2. The van der Waals surface area contributed by atoms with E-state index < -0.39 is 7.12 Å². The summed E-state index contributed by atoms with van der Waals surface area (Å²) < 4.78 is 2.14. The van der Waals surface area contributed by atoms with Gasteiger partial charge in [0, 0.05) is 29.9 Å². The monoisotopic (exact) mass is 267 g/mol. The first-order valence-electron chi connectivity index (χ1n) is 6.97. The van der Waals surface area contributed by atoms with Gasteiger partial charge in [0.2, 0.25) is 0 Å². The van der Waals surface area contributed by atoms with Crippen molar-refractivity contribution in [2.24, 2.45) is 5.73 Å². The van der Waals surface area contributed by atoms with Gasteiger partial charge in [-0.25, -0.2) is 4.98 Å². The minimum absolute atomic E-state index is 0.285. The molecule has 0 aromatic carbocycles. The highest BCUT2D eigenvalue weighted by Gasteiger charge is 2.21. The number of aromatic nitrogens is 2. The summed E-state index contributed by atoms with van der Waals surface area (Å²) in [5, 5.41) is 17.6. The van der Waals surface area contributed by atoms with Crippen LogP contribution in [0.4, 0.5) is 0 Å². The molecule has 0 fully saturated rings. The van der Waals surface area contributed by atoms with E-state index in [4.69, 9.17) is 15.8 Å². The Morgan fingerprint density at radius 1 is 1.42 bits per heavy atom. The fourth-order valence-electron chi connectivity index (χ4n) is 2.29. The van der Waals surface area contributed by atoms with Crippen LogP contribution in [-0.4, -0.2) is 32.3 Å². The van der Waals surface area contributed by atoms with E-state index in [1.807, 2.05) is 19.4 Å². The molecule has 1 unspecified atom stereocenters. The number of hydrogen-bond donors (Lipinski definition) is 3. The van der Waals surface area contributed by atoms with Gasteiger partial charge in [0.05, 0.1) is 6.33 Å². The molecule has 0 bridgehead atoms. The molecule has 0 aliphatic heterocycles. The van der Waals surface area contributed by atoms with E-state index in [2.05, 4.69) is 23.4 Å². The Morgan fingerprint density at radius 2 is 2.11 bits per heavy atom. The second-order valence-corrected chi connectivity index (χ2v) is 5.94. The fraction of sp³-hybridized carbons (Fsp3) is 0.769. The SMILES string of the molecule is CC(C)n1cncc1CC(C)(N)CCCCB(O)O. The third-order valence-electron chi connectivity index (χ3n) is 3.35. The summed E-state index contributed by atoms with van der Waals surface area (Å²) >= 11 is 0. The highest BCUT2D eigenvalue weighted by Crippen LogP contribution is 2.20. The minimum atomic E-state index is -1.20. The van der Waals surface area contributed by atoms with Crippen molar-refractivity contribution in [2.75, 3.05) is 0 Å². The van der Waals surface area contributed by atoms with Crippen molar-refractivity contribution < 1.29 is 10.0 Å². The zero-order chi connectivity index (χ0) is 14.5. The van der Waals surface area contributed by atoms with Gasteiger partial charge in [0.1, 0.15) is 0 Å². The Hall–Kier alpha value is -0.845. The number of imidazole rings is 1. The Kier molecular flexibility index (Phi) is 6.04. The maximum Gasteiger partial charge on any atom is 0.451 e. The standard InChI is InChI=1S/C13H26BN3O2/c1-11(2)17-10-16-9-12(17)8-13(3,15)6-4-5-7-14(18)19/h9-11,18-19H,4-8,15H2,1-3H3. The highest BCUT2D eigenvalue weighted by molar-refractivity contribution is 6.40. The Bertz CT molecular complexity index is 378. The zero-order valence-electron chi connectivity index (χ0n) is 12.2. The van der Waals surface area contributed by atoms with E-state index in [1.165, 1.54) is 0 Å². The predicted octanol–water partition coefficient (Wildman–Crippen LogP) is 1.37. The third kappa shape index (κ3) is 5.76. The molecule has 1 aromatic heterocycles. The fourth-order valence-corrected chi connectivity index (χ4v) is 2.29. The molecular weight excluding hydrogens is 241 g/mol. The van der Waals surface area contributed by atoms with E-state index >= 15 is 0 Å². The highest BCUT2D eigenvalue weighted by atomic mass is 16.4. The second-order valence-electron chi connectivity index (χ2n) is 5.94. The Morgan fingerprint density at radius 3 is 2.68 bits per heavy atom. The zero-order valence-corrected chi connectivity index (χ0v) is 12.2. The van der Waals surface area contributed by atoms with E-state index in [9.17, 15) is 0 Å². The Labute approximate surface area is 116 Å². The van der Waals surface area contributed by atoms with Crippen LogP contribution >= 0.6 is 0 Å². The summed E-state index contributed by atoms with van der Waals surface area (Å²) in [6, 6.07) is 0.387. The molecule has 108 valence electrons. The maximum absolute atomic E-state index is 8.80. The largest absolute Gasteiger partial charge is 0.451 e. The molecule has 6 heteroatoms. The summed E-state index contributed by atoms with van der Waals surface area (Å²) in [5.41, 5.74) is 7.20. The van der Waals surface area contributed by atoms with E-state index in [0.29, 0.717) is 12.4 Å². The lowest BCUT2D eigenvalue weighted by molar-refractivity contribution is 0.382. The normalized spacial score (nSPS) is 14.7. The summed E-state index contributed by atoms with van der Waals surface area (Å²) in [6.07, 6.45) is 7.48. The van der Waals surface area contributed by atoms with Crippen LogP contribution in [0.15, 0.2) is 12.5 Å². The number of nitrogens with two attached hydrogens (primary N) is 1. The molecule has 0 aliphatic carbocycles. The lowest BCUT2D eigenvalue weighted by atomic mass is 9.81. The molecular formula is C13H26BN3O2. The molecule has 1 atom stereocenters. The van der Waals surface area contributed by atoms with Gasteiger partial charge in [-0.15, -0.1) is 0 Å². The number of hydrogen-bond acceptors (Lipinski definition) is 4. The van der Waals surface area contributed by atoms with Crippen molar-refractivity contribution in [3.05, 3.63) is 18.2 Å². The Balaban J connectivity index is 2.47. The van der Waals surface area contributed by atoms with Gasteiger partial charge in [-0.05, 0) is 33.5 Å². The van der Waals surface area contributed by atoms with Gasteiger partial charge in [-0.3, -0.25) is 0 Å². The van der Waals surface area contributed by atoms with Crippen LogP contribution in [0.25, 0.3) is 0 Å². The lowest BCUT2D eigenvalue weighted by Crippen LogP contribution is -2.39. The summed E-state index contributed by atoms with van der Waals surface area (Å²) in [6.45, 7) is 6.30. The molecule has 1 aromatic rings. The molecule has 19 heavy (non-hydrogen) atoms. The van der Waals surface area contributed by atoms with Crippen molar-refractivity contribution in [3.63, 3.8) is 0 Å². The van der Waals surface area contributed by atoms with Crippen molar-refractivity contribution >= 4 is 7.12 Å². The lowest BCUT2D eigenvalue weighted by Gasteiger charge is -2.26. The average molecular weight is 267 g/mol. The molecule has 0 saturated carbocycles. The van der Waals surface area contributed by atoms with E-state index in [1.54, 1.807) is 0 Å². The molecule has 1 heterocycles. The molecule has 5 nitrogen and oxygen atoms in total. The van der Waals surface area contributed by atoms with Crippen LogP contribution < -0.4 is 5.73 Å². The second kappa shape index (κ2) is 7.08. The summed E-state index contributed by atoms with van der Waals surface area (Å²) in [7, 11) is -1.20. The van der Waals surface area contributed by atoms with Gasteiger partial charge in [-0.2, -0.15) is 0 Å². The van der Waals surface area contributed by atoms with Crippen LogP contribution in [0.3, 0.4) is 0 Å². The quantitative estimate of drug-likeness (QED) is 0.490. The van der Waals surface area contributed by atoms with Crippen molar-refractivity contribution in [1.29, 1.82) is 0 Å². The molecule has 0 saturated heterocycles. The first-order valence-corrected chi connectivity index (χ1v) is 6.97. The van der Waals surface area contributed by atoms with Crippen LogP contribution in [0, 0.1) is 0 Å². The molecule has 1 rings (SSSR count). The van der Waals surface area contributed by atoms with E-state index in [0.717, 1.165) is 31.4 Å². The molecule has 0 radical (unpaired) electrons. The maximum atomic E-state index is 8.80.